The summed E-state index contributed by atoms with van der Waals surface area (Å²) in [5.41, 5.74) is 2.36. The SMILES string of the molecule is CCC(C)O.COc1nc2ccc(Br)cc2cc1C(c1ccccc1)C(O)(CCN(C)C)c1cccc2ccccc12. The van der Waals surface area contributed by atoms with Gasteiger partial charge in [0.25, 0.3) is 0 Å². The van der Waals surface area contributed by atoms with Crippen molar-refractivity contribution in [3.8, 4) is 5.88 Å². The molecule has 220 valence electrons. The van der Waals surface area contributed by atoms with Crippen molar-refractivity contribution in [3.05, 3.63) is 118 Å². The van der Waals surface area contributed by atoms with Gasteiger partial charge in [-0.3, -0.25) is 0 Å². The molecule has 0 amide bonds. The average molecular weight is 630 g/mol. The van der Waals surface area contributed by atoms with Gasteiger partial charge in [-0.15, -0.1) is 0 Å². The third-order valence-electron chi connectivity index (χ3n) is 7.67. The van der Waals surface area contributed by atoms with Gasteiger partial charge >= 0.3 is 0 Å². The van der Waals surface area contributed by atoms with Gasteiger partial charge < -0.3 is 19.8 Å². The molecule has 3 unspecified atom stereocenters. The van der Waals surface area contributed by atoms with Crippen LogP contribution in [0, 0.1) is 0 Å². The van der Waals surface area contributed by atoms with Crippen LogP contribution in [-0.4, -0.2) is 54.0 Å². The summed E-state index contributed by atoms with van der Waals surface area (Å²) in [6.45, 7) is 4.43. The summed E-state index contributed by atoms with van der Waals surface area (Å²) in [5, 5.41) is 24.5. The highest BCUT2D eigenvalue weighted by atomic mass is 79.9. The summed E-state index contributed by atoms with van der Waals surface area (Å²) in [7, 11) is 5.73. The van der Waals surface area contributed by atoms with Gasteiger partial charge in [0.15, 0.2) is 0 Å². The molecule has 1 heterocycles. The monoisotopic (exact) mass is 628 g/mol. The Morgan fingerprint density at radius 1 is 0.905 bits per heavy atom. The number of benzene rings is 4. The van der Waals surface area contributed by atoms with Crippen LogP contribution >= 0.6 is 15.9 Å². The number of fused-ring (bicyclic) bond motifs is 2. The highest BCUT2D eigenvalue weighted by Gasteiger charge is 2.43. The Morgan fingerprint density at radius 2 is 1.57 bits per heavy atom. The van der Waals surface area contributed by atoms with E-state index in [0.717, 1.165) is 49.3 Å². The van der Waals surface area contributed by atoms with E-state index in [1.165, 1.54) is 0 Å². The van der Waals surface area contributed by atoms with E-state index < -0.39 is 11.5 Å². The first-order valence-corrected chi connectivity index (χ1v) is 15.2. The number of methoxy groups -OCH3 is 1. The first kappa shape index (κ1) is 31.6. The van der Waals surface area contributed by atoms with Crippen molar-refractivity contribution in [1.29, 1.82) is 0 Å². The Balaban J connectivity index is 0.000000748. The van der Waals surface area contributed by atoms with Crippen molar-refractivity contribution in [1.82, 2.24) is 9.88 Å². The highest BCUT2D eigenvalue weighted by molar-refractivity contribution is 9.10. The third-order valence-corrected chi connectivity index (χ3v) is 8.16. The lowest BCUT2D eigenvalue weighted by Crippen LogP contribution is -2.38. The van der Waals surface area contributed by atoms with Crippen LogP contribution < -0.4 is 4.74 Å². The van der Waals surface area contributed by atoms with Crippen LogP contribution in [0.2, 0.25) is 0 Å². The second-order valence-electron chi connectivity index (χ2n) is 11.0. The van der Waals surface area contributed by atoms with Gasteiger partial charge in [0, 0.05) is 27.9 Å². The molecule has 5 nitrogen and oxygen atoms in total. The van der Waals surface area contributed by atoms with Crippen molar-refractivity contribution in [2.75, 3.05) is 27.7 Å². The zero-order valence-electron chi connectivity index (χ0n) is 25.1. The van der Waals surface area contributed by atoms with E-state index in [4.69, 9.17) is 14.8 Å². The topological polar surface area (TPSA) is 65.8 Å². The largest absolute Gasteiger partial charge is 0.481 e. The maximum Gasteiger partial charge on any atom is 0.217 e. The molecule has 0 fully saturated rings. The molecule has 5 aromatic rings. The second-order valence-corrected chi connectivity index (χ2v) is 11.9. The minimum absolute atomic E-state index is 0.116. The van der Waals surface area contributed by atoms with E-state index in [1.807, 2.05) is 69.6 Å². The van der Waals surface area contributed by atoms with Crippen LogP contribution in [0.15, 0.2) is 102 Å². The van der Waals surface area contributed by atoms with Gasteiger partial charge in [0.05, 0.1) is 18.7 Å². The predicted molar refractivity (Wildman–Crippen MR) is 177 cm³/mol. The number of aliphatic hydroxyl groups excluding tert-OH is 1. The molecule has 42 heavy (non-hydrogen) atoms. The zero-order valence-corrected chi connectivity index (χ0v) is 26.7. The minimum Gasteiger partial charge on any atom is -0.481 e. The van der Waals surface area contributed by atoms with Crippen molar-refractivity contribution in [2.45, 2.75) is 44.3 Å². The molecule has 4 aromatic carbocycles. The number of nitrogens with zero attached hydrogens (tertiary/aromatic N) is 2. The lowest BCUT2D eigenvalue weighted by Gasteiger charge is -2.39. The number of halogens is 1. The summed E-state index contributed by atoms with van der Waals surface area (Å²) in [6.07, 6.45) is 1.27. The second kappa shape index (κ2) is 14.3. The Labute approximate surface area is 257 Å². The molecule has 6 heteroatoms. The van der Waals surface area contributed by atoms with Gasteiger partial charge in [-0.1, -0.05) is 95.7 Å². The number of aromatic nitrogens is 1. The molecule has 0 saturated carbocycles. The fourth-order valence-corrected chi connectivity index (χ4v) is 5.68. The van der Waals surface area contributed by atoms with Crippen molar-refractivity contribution in [3.63, 3.8) is 0 Å². The molecule has 0 radical (unpaired) electrons. The molecule has 0 bridgehead atoms. The highest BCUT2D eigenvalue weighted by Crippen LogP contribution is 2.49. The van der Waals surface area contributed by atoms with E-state index in [2.05, 4.69) is 69.4 Å². The van der Waals surface area contributed by atoms with Gasteiger partial charge in [0.2, 0.25) is 5.88 Å². The molecule has 0 saturated heterocycles. The zero-order chi connectivity index (χ0) is 30.3. The van der Waals surface area contributed by atoms with Crippen molar-refractivity contribution in [2.24, 2.45) is 0 Å². The summed E-state index contributed by atoms with van der Waals surface area (Å²) in [4.78, 5) is 7.00. The molecular weight excluding hydrogens is 588 g/mol. The van der Waals surface area contributed by atoms with Crippen LogP contribution in [0.1, 0.15) is 49.3 Å². The fraction of sp³-hybridized carbons (Fsp3) is 0.306. The molecule has 0 aliphatic rings. The quantitative estimate of drug-likeness (QED) is 0.174. The summed E-state index contributed by atoms with van der Waals surface area (Å²) < 4.78 is 6.86. The molecule has 1 aromatic heterocycles. The van der Waals surface area contributed by atoms with Crippen LogP contribution in [0.25, 0.3) is 21.7 Å². The van der Waals surface area contributed by atoms with Crippen LogP contribution in [0.5, 0.6) is 5.88 Å². The molecule has 5 rings (SSSR count). The Kier molecular flexibility index (Phi) is 10.7. The molecule has 3 atom stereocenters. The molecule has 0 aliphatic heterocycles. The van der Waals surface area contributed by atoms with Gasteiger partial charge in [-0.25, -0.2) is 4.98 Å². The molecular formula is C36H41BrN2O3. The van der Waals surface area contributed by atoms with Gasteiger partial charge in [-0.2, -0.15) is 0 Å². The number of ether oxygens (including phenoxy) is 1. The van der Waals surface area contributed by atoms with Crippen LogP contribution in [-0.2, 0) is 5.60 Å². The van der Waals surface area contributed by atoms with E-state index >= 15 is 0 Å². The maximum absolute atomic E-state index is 13.0. The number of hydrogen-bond donors (Lipinski definition) is 2. The van der Waals surface area contributed by atoms with E-state index in [-0.39, 0.29) is 6.10 Å². The third kappa shape index (κ3) is 7.19. The smallest absolute Gasteiger partial charge is 0.217 e. The number of aliphatic hydroxyl groups is 2. The minimum atomic E-state index is -1.25. The standard InChI is InChI=1S/C32H31BrN2O2.C4H10O/c1-35(2)19-18-32(36,28-15-9-13-22-10-7-8-14-26(22)28)30(23-11-5-4-6-12-23)27-21-24-20-25(33)16-17-29(24)34-31(27)37-3;1-3-4(2)5/h4-17,20-21,30,36H,18-19H2,1-3H3;4-5H,3H2,1-2H3. The average Bonchev–Trinajstić information content (AvgIpc) is 3.00. The Hall–Kier alpha value is -3.29. The first-order valence-electron chi connectivity index (χ1n) is 14.4. The lowest BCUT2D eigenvalue weighted by molar-refractivity contribution is 0.00520. The molecule has 0 aliphatic carbocycles. The van der Waals surface area contributed by atoms with E-state index in [1.54, 1.807) is 14.0 Å². The predicted octanol–water partition coefficient (Wildman–Crippen LogP) is 7.91. The summed E-state index contributed by atoms with van der Waals surface area (Å²) in [5.74, 6) is 0.0949. The van der Waals surface area contributed by atoms with Gasteiger partial charge in [0.1, 0.15) is 5.60 Å². The normalized spacial score (nSPS) is 14.2. The van der Waals surface area contributed by atoms with Gasteiger partial charge in [-0.05, 0) is 80.0 Å². The van der Waals surface area contributed by atoms with E-state index in [9.17, 15) is 5.11 Å². The summed E-state index contributed by atoms with van der Waals surface area (Å²) >= 11 is 3.60. The van der Waals surface area contributed by atoms with E-state index in [0.29, 0.717) is 18.8 Å². The number of hydrogen-bond acceptors (Lipinski definition) is 5. The molecule has 2 N–H and O–H groups in total. The maximum atomic E-state index is 13.0. The Morgan fingerprint density at radius 3 is 2.24 bits per heavy atom. The van der Waals surface area contributed by atoms with Crippen molar-refractivity contribution >= 4 is 37.6 Å². The number of rotatable bonds is 9. The van der Waals surface area contributed by atoms with Crippen LogP contribution in [0.4, 0.5) is 0 Å². The summed E-state index contributed by atoms with van der Waals surface area (Å²) in [6, 6.07) is 32.8. The molecule has 0 spiro atoms. The van der Waals surface area contributed by atoms with Crippen LogP contribution in [0.3, 0.4) is 0 Å². The first-order chi connectivity index (χ1) is 20.2. The van der Waals surface area contributed by atoms with Crippen molar-refractivity contribution < 1.29 is 14.9 Å². The fourth-order valence-electron chi connectivity index (χ4n) is 5.31. The lowest BCUT2D eigenvalue weighted by atomic mass is 9.70. The Bertz CT molecular complexity index is 1600. The number of pyridine rings is 1.